The SMILES string of the molecule is [B]c1ccccc1-c1cccc2c3ccccc3n(-c3ccccc3C)c12. The van der Waals surface area contributed by atoms with Gasteiger partial charge in [0.1, 0.15) is 7.85 Å². The first-order chi connectivity index (χ1) is 13.3. The average molecular weight is 343 g/mol. The van der Waals surface area contributed by atoms with Gasteiger partial charge in [0.15, 0.2) is 0 Å². The Labute approximate surface area is 160 Å². The minimum absolute atomic E-state index is 0.798. The van der Waals surface area contributed by atoms with Crippen molar-refractivity contribution in [1.29, 1.82) is 0 Å². The molecule has 0 amide bonds. The predicted molar refractivity (Wildman–Crippen MR) is 116 cm³/mol. The van der Waals surface area contributed by atoms with E-state index in [0.29, 0.717) is 0 Å². The van der Waals surface area contributed by atoms with Crippen molar-refractivity contribution >= 4 is 35.1 Å². The average Bonchev–Trinajstić information content (AvgIpc) is 3.04. The number of nitrogens with zero attached hydrogens (tertiary/aromatic N) is 1. The maximum atomic E-state index is 6.35. The van der Waals surface area contributed by atoms with Crippen molar-refractivity contribution in [2.45, 2.75) is 6.92 Å². The van der Waals surface area contributed by atoms with Gasteiger partial charge in [-0.25, -0.2) is 0 Å². The summed E-state index contributed by atoms with van der Waals surface area (Å²) in [5, 5.41) is 2.50. The maximum Gasteiger partial charge on any atom is 0.114 e. The van der Waals surface area contributed by atoms with Crippen LogP contribution in [0.3, 0.4) is 0 Å². The number of aromatic nitrogens is 1. The van der Waals surface area contributed by atoms with E-state index in [0.717, 1.165) is 16.6 Å². The second-order valence-electron chi connectivity index (χ2n) is 6.93. The third kappa shape index (κ3) is 2.41. The predicted octanol–water partition coefficient (Wildman–Crippen LogP) is 5.55. The van der Waals surface area contributed by atoms with E-state index in [-0.39, 0.29) is 0 Å². The van der Waals surface area contributed by atoms with E-state index in [9.17, 15) is 0 Å². The molecule has 2 heteroatoms. The molecule has 0 aliphatic carbocycles. The van der Waals surface area contributed by atoms with Crippen molar-refractivity contribution in [1.82, 2.24) is 4.57 Å². The van der Waals surface area contributed by atoms with Gasteiger partial charge in [0, 0.05) is 22.0 Å². The normalized spacial score (nSPS) is 11.3. The van der Waals surface area contributed by atoms with Crippen LogP contribution in [0.15, 0.2) is 91.0 Å². The van der Waals surface area contributed by atoms with Gasteiger partial charge in [-0.15, -0.1) is 0 Å². The Kier molecular flexibility index (Phi) is 3.65. The number of fused-ring (bicyclic) bond motifs is 3. The number of rotatable bonds is 2. The molecule has 0 spiro atoms. The molecule has 27 heavy (non-hydrogen) atoms. The van der Waals surface area contributed by atoms with E-state index >= 15 is 0 Å². The molecule has 1 nitrogen and oxygen atoms in total. The summed E-state index contributed by atoms with van der Waals surface area (Å²) < 4.78 is 2.38. The van der Waals surface area contributed by atoms with Crippen LogP contribution in [-0.2, 0) is 0 Å². The van der Waals surface area contributed by atoms with Crippen molar-refractivity contribution in [3.63, 3.8) is 0 Å². The Morgan fingerprint density at radius 2 is 1.30 bits per heavy atom. The van der Waals surface area contributed by atoms with Gasteiger partial charge in [0.2, 0.25) is 0 Å². The highest BCUT2D eigenvalue weighted by atomic mass is 15.0. The summed E-state index contributed by atoms with van der Waals surface area (Å²) in [6.45, 7) is 2.16. The van der Waals surface area contributed by atoms with Crippen LogP contribution in [-0.4, -0.2) is 12.4 Å². The summed E-state index contributed by atoms with van der Waals surface area (Å²) in [5.41, 5.74) is 7.88. The van der Waals surface area contributed by atoms with Crippen LogP contribution in [0.25, 0.3) is 38.6 Å². The number of hydrogen-bond acceptors (Lipinski definition) is 0. The van der Waals surface area contributed by atoms with Crippen molar-refractivity contribution < 1.29 is 0 Å². The zero-order valence-corrected chi connectivity index (χ0v) is 15.2. The lowest BCUT2D eigenvalue weighted by Gasteiger charge is -2.15. The molecule has 0 aliphatic heterocycles. The minimum Gasteiger partial charge on any atom is -0.308 e. The molecule has 2 radical (unpaired) electrons. The van der Waals surface area contributed by atoms with E-state index in [1.54, 1.807) is 0 Å². The molecule has 4 aromatic carbocycles. The summed E-state index contributed by atoms with van der Waals surface area (Å²) in [6.07, 6.45) is 0. The first kappa shape index (κ1) is 16.0. The molecule has 5 rings (SSSR count). The highest BCUT2D eigenvalue weighted by Crippen LogP contribution is 2.37. The Balaban J connectivity index is 2.01. The largest absolute Gasteiger partial charge is 0.308 e. The van der Waals surface area contributed by atoms with Gasteiger partial charge in [-0.1, -0.05) is 84.3 Å². The number of para-hydroxylation sites is 3. The van der Waals surface area contributed by atoms with Gasteiger partial charge in [-0.3, -0.25) is 0 Å². The van der Waals surface area contributed by atoms with Crippen LogP contribution in [0.5, 0.6) is 0 Å². The van der Waals surface area contributed by atoms with Gasteiger partial charge in [0.25, 0.3) is 0 Å². The fourth-order valence-corrected chi connectivity index (χ4v) is 4.04. The first-order valence-corrected chi connectivity index (χ1v) is 9.19. The molecular weight excluding hydrogens is 325 g/mol. The molecule has 0 saturated carbocycles. The summed E-state index contributed by atoms with van der Waals surface area (Å²) in [7, 11) is 6.35. The van der Waals surface area contributed by atoms with Crippen molar-refractivity contribution in [2.24, 2.45) is 0 Å². The van der Waals surface area contributed by atoms with Gasteiger partial charge < -0.3 is 4.57 Å². The Morgan fingerprint density at radius 3 is 2.15 bits per heavy atom. The molecule has 0 fully saturated rings. The van der Waals surface area contributed by atoms with E-state index in [4.69, 9.17) is 7.85 Å². The van der Waals surface area contributed by atoms with Gasteiger partial charge >= 0.3 is 0 Å². The Morgan fingerprint density at radius 1 is 0.630 bits per heavy atom. The van der Waals surface area contributed by atoms with Crippen molar-refractivity contribution in [3.8, 4) is 16.8 Å². The Bertz CT molecular complexity index is 1300. The van der Waals surface area contributed by atoms with Crippen molar-refractivity contribution in [2.75, 3.05) is 0 Å². The molecule has 126 valence electrons. The molecule has 0 atom stereocenters. The second-order valence-corrected chi connectivity index (χ2v) is 6.93. The van der Waals surface area contributed by atoms with Crippen LogP contribution >= 0.6 is 0 Å². The zero-order chi connectivity index (χ0) is 18.4. The first-order valence-electron chi connectivity index (χ1n) is 9.19. The smallest absolute Gasteiger partial charge is 0.114 e. The quantitative estimate of drug-likeness (QED) is 0.370. The van der Waals surface area contributed by atoms with Gasteiger partial charge in [-0.2, -0.15) is 0 Å². The van der Waals surface area contributed by atoms with Crippen LogP contribution in [0.1, 0.15) is 5.56 Å². The van der Waals surface area contributed by atoms with Gasteiger partial charge in [-0.05, 0) is 30.2 Å². The van der Waals surface area contributed by atoms with Crippen LogP contribution in [0.4, 0.5) is 0 Å². The molecule has 0 unspecified atom stereocenters. The Hall–Kier alpha value is -3.26. The van der Waals surface area contributed by atoms with Crippen LogP contribution in [0.2, 0.25) is 0 Å². The third-order valence-electron chi connectivity index (χ3n) is 5.30. The molecule has 5 aromatic rings. The fraction of sp³-hybridized carbons (Fsp3) is 0.0400. The minimum atomic E-state index is 0.798. The summed E-state index contributed by atoms with van der Waals surface area (Å²) in [6, 6.07) is 31.7. The monoisotopic (exact) mass is 343 g/mol. The lowest BCUT2D eigenvalue weighted by Crippen LogP contribution is -2.06. The van der Waals surface area contributed by atoms with Crippen LogP contribution < -0.4 is 5.46 Å². The molecule has 0 saturated heterocycles. The highest BCUT2D eigenvalue weighted by Gasteiger charge is 2.17. The summed E-state index contributed by atoms with van der Waals surface area (Å²) >= 11 is 0. The molecule has 0 bridgehead atoms. The molecule has 0 N–H and O–H groups in total. The fourth-order valence-electron chi connectivity index (χ4n) is 4.04. The van der Waals surface area contributed by atoms with Crippen molar-refractivity contribution in [3.05, 3.63) is 96.6 Å². The molecule has 0 aliphatic rings. The third-order valence-corrected chi connectivity index (χ3v) is 5.30. The number of hydrogen-bond donors (Lipinski definition) is 0. The topological polar surface area (TPSA) is 4.93 Å². The molecular formula is C25H18BN. The second kappa shape index (κ2) is 6.17. The van der Waals surface area contributed by atoms with E-state index in [1.165, 1.54) is 33.1 Å². The standard InChI is InChI=1S/C25H18BN/c1-17-9-2-6-15-23(17)27-24-16-7-4-11-19(24)21-13-8-12-20(25(21)27)18-10-3-5-14-22(18)26/h2-16H,1H3. The summed E-state index contributed by atoms with van der Waals surface area (Å²) in [5.74, 6) is 0. The maximum absolute atomic E-state index is 6.35. The lowest BCUT2D eigenvalue weighted by molar-refractivity contribution is 1.15. The molecule has 1 aromatic heterocycles. The number of aryl methyl sites for hydroxylation is 1. The highest BCUT2D eigenvalue weighted by molar-refractivity contribution is 6.36. The van der Waals surface area contributed by atoms with Crippen LogP contribution in [0, 0.1) is 6.92 Å². The molecule has 1 heterocycles. The number of benzene rings is 4. The van der Waals surface area contributed by atoms with E-state index < -0.39 is 0 Å². The van der Waals surface area contributed by atoms with Gasteiger partial charge in [0.05, 0.1) is 11.0 Å². The van der Waals surface area contributed by atoms with E-state index in [2.05, 4.69) is 84.3 Å². The summed E-state index contributed by atoms with van der Waals surface area (Å²) in [4.78, 5) is 0. The van der Waals surface area contributed by atoms with E-state index in [1.807, 2.05) is 18.2 Å². The zero-order valence-electron chi connectivity index (χ0n) is 15.2. The lowest BCUT2D eigenvalue weighted by atomic mass is 9.86.